The Labute approximate surface area is 213 Å². The summed E-state index contributed by atoms with van der Waals surface area (Å²) in [6.07, 6.45) is 6.90. The third-order valence-corrected chi connectivity index (χ3v) is 8.97. The zero-order valence-corrected chi connectivity index (χ0v) is 22.0. The minimum absolute atomic E-state index is 0.0861. The first kappa shape index (κ1) is 26.3. The van der Waals surface area contributed by atoms with Gasteiger partial charge in [0.05, 0.1) is 10.8 Å². The average Bonchev–Trinajstić information content (AvgIpc) is 2.80. The van der Waals surface area contributed by atoms with Crippen LogP contribution in [0.3, 0.4) is 0 Å². The Hall–Kier alpha value is -2.78. The van der Waals surface area contributed by atoms with Crippen LogP contribution in [0.1, 0.15) is 59.3 Å². The van der Waals surface area contributed by atoms with Gasteiger partial charge in [-0.1, -0.05) is 23.8 Å². The molecule has 36 heavy (non-hydrogen) atoms. The zero-order valence-electron chi connectivity index (χ0n) is 21.2. The fourth-order valence-electron chi connectivity index (χ4n) is 5.48. The molecule has 4 rings (SSSR count). The van der Waals surface area contributed by atoms with E-state index in [0.29, 0.717) is 24.1 Å². The molecule has 0 bridgehead atoms. The molecule has 1 aliphatic heterocycles. The average molecular weight is 514 g/mol. The lowest BCUT2D eigenvalue weighted by Gasteiger charge is -2.40. The molecule has 2 N–H and O–H groups in total. The summed E-state index contributed by atoms with van der Waals surface area (Å²) >= 11 is 0. The maximum Gasteiger partial charge on any atom is 0.323 e. The van der Waals surface area contributed by atoms with Crippen LogP contribution >= 0.6 is 0 Å². The van der Waals surface area contributed by atoms with E-state index in [1.807, 2.05) is 6.92 Å². The summed E-state index contributed by atoms with van der Waals surface area (Å²) in [5, 5.41) is 9.67. The van der Waals surface area contributed by atoms with Crippen LogP contribution in [-0.4, -0.2) is 54.4 Å². The number of nitrogens with one attached hydrogen (secondary N) is 1. The second kappa shape index (κ2) is 10.7. The molecular weight excluding hydrogens is 478 g/mol. The molecule has 1 saturated heterocycles. The second-order valence-electron chi connectivity index (χ2n) is 10.2. The van der Waals surface area contributed by atoms with Crippen LogP contribution < -0.4 is 4.72 Å². The molecule has 2 aromatic rings. The van der Waals surface area contributed by atoms with E-state index in [1.54, 1.807) is 26.0 Å². The topological polar surface area (TPSA) is 117 Å². The van der Waals surface area contributed by atoms with Gasteiger partial charge in [-0.3, -0.25) is 14.6 Å². The van der Waals surface area contributed by atoms with E-state index >= 15 is 0 Å². The predicted octanol–water partition coefficient (Wildman–Crippen LogP) is 3.10. The largest absolute Gasteiger partial charge is 0.480 e. The lowest BCUT2D eigenvalue weighted by molar-refractivity contribution is -0.150. The minimum atomic E-state index is -4.07. The number of nitrogens with zero attached hydrogens (tertiary/aromatic N) is 2. The number of fused-ring (bicyclic) bond motifs is 1. The van der Waals surface area contributed by atoms with E-state index in [1.165, 1.54) is 29.0 Å². The molecule has 194 valence electrons. The third kappa shape index (κ3) is 5.78. The van der Waals surface area contributed by atoms with Gasteiger partial charge in [0.25, 0.3) is 0 Å². The lowest BCUT2D eigenvalue weighted by Crippen LogP contribution is -2.58. The van der Waals surface area contributed by atoms with Gasteiger partial charge >= 0.3 is 5.97 Å². The van der Waals surface area contributed by atoms with E-state index in [-0.39, 0.29) is 23.3 Å². The third-order valence-electron chi connectivity index (χ3n) is 7.19. The van der Waals surface area contributed by atoms with E-state index in [2.05, 4.69) is 16.9 Å². The van der Waals surface area contributed by atoms with Crippen molar-refractivity contribution in [1.82, 2.24) is 14.6 Å². The van der Waals surface area contributed by atoms with Gasteiger partial charge in [-0.25, -0.2) is 8.42 Å². The first-order valence-corrected chi connectivity index (χ1v) is 14.1. The molecule has 8 nitrogen and oxygen atoms in total. The van der Waals surface area contributed by atoms with Gasteiger partial charge in [0, 0.05) is 24.5 Å². The van der Waals surface area contributed by atoms with Crippen molar-refractivity contribution in [1.29, 1.82) is 0 Å². The number of carboxylic acids is 1. The van der Waals surface area contributed by atoms with Gasteiger partial charge < -0.3 is 10.0 Å². The number of benzene rings is 1. The number of carbonyl (C=O) groups is 2. The number of amides is 1. The normalized spacial score (nSPS) is 18.5. The highest BCUT2D eigenvalue weighted by molar-refractivity contribution is 7.89. The van der Waals surface area contributed by atoms with Crippen molar-refractivity contribution in [2.45, 2.75) is 76.7 Å². The van der Waals surface area contributed by atoms with Gasteiger partial charge in [-0.05, 0) is 88.5 Å². The van der Waals surface area contributed by atoms with E-state index in [9.17, 15) is 23.1 Å². The Morgan fingerprint density at radius 2 is 1.86 bits per heavy atom. The first-order chi connectivity index (χ1) is 17.0. The summed E-state index contributed by atoms with van der Waals surface area (Å²) in [7, 11) is -4.07. The number of pyridine rings is 1. The summed E-state index contributed by atoms with van der Waals surface area (Å²) in [5.41, 5.74) is 5.66. The monoisotopic (exact) mass is 513 g/mol. The SMILES string of the molecule is Cc1cc(C)c(S(=O)(=O)N[C@@H](CN2CC(CCCc3ccc4c(n3)CCCC4)C2=O)C(=O)O)c(C)c1. The fraction of sp³-hybridized carbons (Fsp3) is 0.519. The highest BCUT2D eigenvalue weighted by Crippen LogP contribution is 2.26. The molecule has 0 spiro atoms. The van der Waals surface area contributed by atoms with Crippen molar-refractivity contribution in [3.05, 3.63) is 57.9 Å². The van der Waals surface area contributed by atoms with Gasteiger partial charge in [0.2, 0.25) is 15.9 Å². The van der Waals surface area contributed by atoms with Gasteiger partial charge in [0.1, 0.15) is 6.04 Å². The molecule has 1 fully saturated rings. The summed E-state index contributed by atoms with van der Waals surface area (Å²) in [6.45, 7) is 5.49. The summed E-state index contributed by atoms with van der Waals surface area (Å²) in [5.74, 6) is -1.59. The smallest absolute Gasteiger partial charge is 0.323 e. The molecule has 2 aliphatic rings. The van der Waals surface area contributed by atoms with Crippen LogP contribution in [0.4, 0.5) is 0 Å². The molecule has 0 radical (unpaired) electrons. The van der Waals surface area contributed by atoms with Crippen LogP contribution in [0.25, 0.3) is 0 Å². The number of aryl methyl sites for hydroxylation is 6. The molecule has 1 unspecified atom stereocenters. The Kier molecular flexibility index (Phi) is 7.80. The first-order valence-electron chi connectivity index (χ1n) is 12.6. The number of β-lactam (4-membered cyclic amide) rings is 1. The number of hydrogen-bond donors (Lipinski definition) is 2. The van der Waals surface area contributed by atoms with Crippen molar-refractivity contribution in [2.24, 2.45) is 5.92 Å². The number of carbonyl (C=O) groups excluding carboxylic acids is 1. The lowest BCUT2D eigenvalue weighted by atomic mass is 9.91. The van der Waals surface area contributed by atoms with E-state index < -0.39 is 22.0 Å². The number of rotatable bonds is 10. The minimum Gasteiger partial charge on any atom is -0.480 e. The van der Waals surface area contributed by atoms with Gasteiger partial charge in [0.15, 0.2) is 0 Å². The van der Waals surface area contributed by atoms with Crippen molar-refractivity contribution in [3.8, 4) is 0 Å². The Balaban J connectivity index is 1.30. The van der Waals surface area contributed by atoms with Gasteiger partial charge in [-0.2, -0.15) is 4.72 Å². The molecule has 0 saturated carbocycles. The van der Waals surface area contributed by atoms with E-state index in [4.69, 9.17) is 4.98 Å². The fourth-order valence-corrected chi connectivity index (χ4v) is 7.11. The van der Waals surface area contributed by atoms with Crippen LogP contribution in [0.2, 0.25) is 0 Å². The Morgan fingerprint density at radius 3 is 2.53 bits per heavy atom. The van der Waals surface area contributed by atoms with Crippen LogP contribution in [0.5, 0.6) is 0 Å². The van der Waals surface area contributed by atoms with Crippen LogP contribution in [0, 0.1) is 26.7 Å². The second-order valence-corrected chi connectivity index (χ2v) is 11.8. The molecule has 9 heteroatoms. The number of hydrogen-bond acceptors (Lipinski definition) is 5. The molecular formula is C27H35N3O5S. The van der Waals surface area contributed by atoms with Crippen molar-refractivity contribution in [3.63, 3.8) is 0 Å². The number of aliphatic carboxylic acids is 1. The molecule has 1 amide bonds. The maximum absolute atomic E-state index is 13.0. The Bertz CT molecular complexity index is 1250. The molecule has 1 aromatic carbocycles. The zero-order chi connectivity index (χ0) is 26.0. The molecule has 2 atom stereocenters. The van der Waals surface area contributed by atoms with Crippen molar-refractivity contribution < 1.29 is 23.1 Å². The van der Waals surface area contributed by atoms with E-state index in [0.717, 1.165) is 36.9 Å². The van der Waals surface area contributed by atoms with Crippen molar-refractivity contribution >= 4 is 21.9 Å². The number of sulfonamides is 1. The number of likely N-dealkylation sites (tertiary alicyclic amines) is 1. The molecule has 1 aliphatic carbocycles. The molecule has 1 aromatic heterocycles. The summed E-state index contributed by atoms with van der Waals surface area (Å²) in [6, 6.07) is 6.35. The molecule has 2 heterocycles. The predicted molar refractivity (Wildman–Crippen MR) is 136 cm³/mol. The quantitative estimate of drug-likeness (QED) is 0.472. The summed E-state index contributed by atoms with van der Waals surface area (Å²) < 4.78 is 28.3. The van der Waals surface area contributed by atoms with Crippen LogP contribution in [0.15, 0.2) is 29.2 Å². The Morgan fingerprint density at radius 1 is 1.17 bits per heavy atom. The number of carboxylic acid groups (broad SMARTS) is 1. The summed E-state index contributed by atoms with van der Waals surface area (Å²) in [4.78, 5) is 30.8. The highest BCUT2D eigenvalue weighted by Gasteiger charge is 2.39. The maximum atomic E-state index is 13.0. The standard InChI is InChI=1S/C27H35N3O5S/c1-17-13-18(2)25(19(3)14-17)36(34,35)29-24(27(32)33)16-30-15-21(26(30)31)8-6-9-22-12-11-20-7-4-5-10-23(20)28-22/h11-14,21,24,29H,4-10,15-16H2,1-3H3,(H,32,33)/t21?,24-/m0/s1. The van der Waals surface area contributed by atoms with Crippen molar-refractivity contribution in [2.75, 3.05) is 13.1 Å². The highest BCUT2D eigenvalue weighted by atomic mass is 32.2. The number of aromatic nitrogens is 1. The van der Waals surface area contributed by atoms with Crippen LogP contribution in [-0.2, 0) is 38.9 Å². The van der Waals surface area contributed by atoms with Gasteiger partial charge in [-0.15, -0.1) is 0 Å².